The number of hydrogen-bond donors (Lipinski definition) is 0. The molecule has 4 rings (SSSR count). The fourth-order valence-electron chi connectivity index (χ4n) is 3.58. The van der Waals surface area contributed by atoms with Crippen LogP contribution in [0.2, 0.25) is 5.02 Å². The maximum atomic E-state index is 12.7. The van der Waals surface area contributed by atoms with E-state index in [-0.39, 0.29) is 41.2 Å². The van der Waals surface area contributed by atoms with E-state index in [1.165, 1.54) is 12.1 Å². The second-order valence-electron chi connectivity index (χ2n) is 5.90. The van der Waals surface area contributed by atoms with E-state index in [4.69, 9.17) is 21.1 Å². The van der Waals surface area contributed by atoms with Crippen molar-refractivity contribution in [3.05, 3.63) is 40.9 Å². The minimum atomic E-state index is -0.589. The summed E-state index contributed by atoms with van der Waals surface area (Å²) < 4.78 is 10.6. The van der Waals surface area contributed by atoms with E-state index in [9.17, 15) is 14.4 Å². The van der Waals surface area contributed by atoms with Gasteiger partial charge in [-0.2, -0.15) is 0 Å². The Hall–Kier alpha value is -2.18. The lowest BCUT2D eigenvalue weighted by molar-refractivity contribution is -0.124. The lowest BCUT2D eigenvalue weighted by atomic mass is 9.85. The Morgan fingerprint density at radius 1 is 1.21 bits per heavy atom. The zero-order valence-electron chi connectivity index (χ0n) is 12.8. The zero-order chi connectivity index (χ0) is 17.0. The molecule has 0 aliphatic carbocycles. The number of benzene rings is 1. The van der Waals surface area contributed by atoms with Crippen LogP contribution >= 0.6 is 11.6 Å². The third-order valence-corrected chi connectivity index (χ3v) is 4.94. The Labute approximate surface area is 143 Å². The minimum absolute atomic E-state index is 0.131. The number of amides is 2. The average Bonchev–Trinajstić information content (AvgIpc) is 3.23. The van der Waals surface area contributed by atoms with Crippen LogP contribution in [-0.2, 0) is 19.1 Å². The second-order valence-corrected chi connectivity index (χ2v) is 6.31. The van der Waals surface area contributed by atoms with Crippen LogP contribution in [0.1, 0.15) is 17.3 Å². The number of nitrogens with zero attached hydrogens (tertiary/aromatic N) is 1. The van der Waals surface area contributed by atoms with Crippen molar-refractivity contribution in [2.45, 2.75) is 19.1 Å². The van der Waals surface area contributed by atoms with Gasteiger partial charge in [0.2, 0.25) is 11.8 Å². The van der Waals surface area contributed by atoms with Gasteiger partial charge in [0.15, 0.2) is 0 Å². The molecule has 2 fully saturated rings. The molecule has 3 aliphatic heterocycles. The molecule has 2 saturated heterocycles. The van der Waals surface area contributed by atoms with Crippen LogP contribution in [0.4, 0.5) is 5.69 Å². The fourth-order valence-corrected chi connectivity index (χ4v) is 3.77. The standard InChI is InChI=1S/C17H14ClNO5/c1-2-23-17(22)9-7-8(3-4-10(9)18)19-15(20)13-11-5-6-12(24-11)14(13)16(19)21/h3-7,11-14H,2H2,1H3/t11-,12-,13-,14-/m1/s1. The van der Waals surface area contributed by atoms with Gasteiger partial charge in [-0.25, -0.2) is 9.69 Å². The third-order valence-electron chi connectivity index (χ3n) is 4.61. The summed E-state index contributed by atoms with van der Waals surface area (Å²) in [5.41, 5.74) is 0.456. The van der Waals surface area contributed by atoms with Gasteiger partial charge in [0.1, 0.15) is 0 Å². The largest absolute Gasteiger partial charge is 0.462 e. The zero-order valence-corrected chi connectivity index (χ0v) is 13.5. The Balaban J connectivity index is 1.70. The van der Waals surface area contributed by atoms with Gasteiger partial charge in [-0.15, -0.1) is 0 Å². The topological polar surface area (TPSA) is 72.9 Å². The van der Waals surface area contributed by atoms with Crippen LogP contribution in [-0.4, -0.2) is 36.6 Å². The number of imide groups is 1. The van der Waals surface area contributed by atoms with Crippen molar-refractivity contribution < 1.29 is 23.9 Å². The van der Waals surface area contributed by atoms with E-state index in [0.29, 0.717) is 5.69 Å². The summed E-state index contributed by atoms with van der Waals surface area (Å²) in [5.74, 6) is -2.19. The first-order valence-corrected chi connectivity index (χ1v) is 8.09. The number of hydrogen-bond acceptors (Lipinski definition) is 5. The molecule has 0 unspecified atom stereocenters. The molecule has 0 radical (unpaired) electrons. The van der Waals surface area contributed by atoms with Crippen molar-refractivity contribution in [1.29, 1.82) is 0 Å². The SMILES string of the molecule is CCOC(=O)c1cc(N2C(=O)[C@H]3[C@H](C2=O)[C@H]2C=C[C@H]3O2)ccc1Cl. The van der Waals surface area contributed by atoms with Crippen molar-refractivity contribution >= 4 is 35.1 Å². The van der Waals surface area contributed by atoms with Crippen LogP contribution in [0.25, 0.3) is 0 Å². The maximum absolute atomic E-state index is 12.7. The van der Waals surface area contributed by atoms with Crippen LogP contribution in [0, 0.1) is 11.8 Å². The van der Waals surface area contributed by atoms with E-state index in [1.807, 2.05) is 12.2 Å². The van der Waals surface area contributed by atoms with Gasteiger partial charge in [0.25, 0.3) is 0 Å². The predicted octanol–water partition coefficient (Wildman–Crippen LogP) is 1.96. The number of ether oxygens (including phenoxy) is 2. The molecule has 1 aromatic rings. The first-order valence-electron chi connectivity index (χ1n) is 7.71. The summed E-state index contributed by atoms with van der Waals surface area (Å²) in [7, 11) is 0. The van der Waals surface area contributed by atoms with Crippen molar-refractivity contribution in [3.63, 3.8) is 0 Å². The van der Waals surface area contributed by atoms with Crippen LogP contribution < -0.4 is 4.90 Å². The van der Waals surface area contributed by atoms with E-state index in [0.717, 1.165) is 4.90 Å². The molecule has 4 atom stereocenters. The van der Waals surface area contributed by atoms with E-state index < -0.39 is 17.8 Å². The van der Waals surface area contributed by atoms with Crippen LogP contribution in [0.5, 0.6) is 0 Å². The molecule has 2 bridgehead atoms. The molecule has 0 spiro atoms. The molecular formula is C17H14ClNO5. The Kier molecular flexibility index (Phi) is 3.47. The highest BCUT2D eigenvalue weighted by atomic mass is 35.5. The molecule has 3 heterocycles. The summed E-state index contributed by atoms with van der Waals surface area (Å²) in [6.45, 7) is 1.89. The quantitative estimate of drug-likeness (QED) is 0.475. The molecule has 3 aliphatic rings. The van der Waals surface area contributed by atoms with Crippen molar-refractivity contribution in [3.8, 4) is 0 Å². The van der Waals surface area contributed by atoms with Crippen LogP contribution in [0.15, 0.2) is 30.4 Å². The minimum Gasteiger partial charge on any atom is -0.462 e. The number of esters is 1. The molecule has 0 N–H and O–H groups in total. The molecule has 0 saturated carbocycles. The molecule has 0 aromatic heterocycles. The molecule has 1 aromatic carbocycles. The summed E-state index contributed by atoms with van der Waals surface area (Å²) in [6.07, 6.45) is 2.95. The predicted molar refractivity (Wildman–Crippen MR) is 84.7 cm³/mol. The molecule has 6 nitrogen and oxygen atoms in total. The summed E-state index contributed by atoms with van der Waals surface area (Å²) in [6, 6.07) is 4.46. The number of carbonyl (C=O) groups is 3. The smallest absolute Gasteiger partial charge is 0.339 e. The Morgan fingerprint density at radius 3 is 2.42 bits per heavy atom. The van der Waals surface area contributed by atoms with E-state index in [2.05, 4.69) is 0 Å². The first kappa shape index (κ1) is 15.4. The second kappa shape index (κ2) is 5.43. The highest BCUT2D eigenvalue weighted by molar-refractivity contribution is 6.34. The number of rotatable bonds is 3. The monoisotopic (exact) mass is 347 g/mol. The van der Waals surface area contributed by atoms with Gasteiger partial charge in [-0.05, 0) is 25.1 Å². The van der Waals surface area contributed by atoms with Crippen molar-refractivity contribution in [1.82, 2.24) is 0 Å². The fraction of sp³-hybridized carbons (Fsp3) is 0.353. The average molecular weight is 348 g/mol. The van der Waals surface area contributed by atoms with E-state index >= 15 is 0 Å². The number of anilines is 1. The summed E-state index contributed by atoms with van der Waals surface area (Å²) >= 11 is 6.04. The first-order chi connectivity index (χ1) is 11.5. The van der Waals surface area contributed by atoms with E-state index in [1.54, 1.807) is 13.0 Å². The van der Waals surface area contributed by atoms with Gasteiger partial charge in [-0.1, -0.05) is 23.8 Å². The van der Waals surface area contributed by atoms with Gasteiger partial charge in [0, 0.05) is 0 Å². The summed E-state index contributed by atoms with van der Waals surface area (Å²) in [5, 5.41) is 0.210. The van der Waals surface area contributed by atoms with Crippen LogP contribution in [0.3, 0.4) is 0 Å². The molecule has 124 valence electrons. The van der Waals surface area contributed by atoms with Gasteiger partial charge in [-0.3, -0.25) is 9.59 Å². The summed E-state index contributed by atoms with van der Waals surface area (Å²) in [4.78, 5) is 38.6. The maximum Gasteiger partial charge on any atom is 0.339 e. The van der Waals surface area contributed by atoms with Gasteiger partial charge < -0.3 is 9.47 Å². The number of carbonyl (C=O) groups excluding carboxylic acids is 3. The van der Waals surface area contributed by atoms with Gasteiger partial charge >= 0.3 is 5.97 Å². The molecule has 24 heavy (non-hydrogen) atoms. The highest BCUT2D eigenvalue weighted by Crippen LogP contribution is 2.46. The Bertz CT molecular complexity index is 759. The highest BCUT2D eigenvalue weighted by Gasteiger charge is 2.61. The Morgan fingerprint density at radius 2 is 1.83 bits per heavy atom. The normalized spacial score (nSPS) is 30.2. The molecular weight excluding hydrogens is 334 g/mol. The number of fused-ring (bicyclic) bond motifs is 5. The molecule has 2 amide bonds. The number of halogens is 1. The lowest BCUT2D eigenvalue weighted by Gasteiger charge is -2.18. The molecule has 7 heteroatoms. The van der Waals surface area contributed by atoms with Crippen molar-refractivity contribution in [2.75, 3.05) is 11.5 Å². The van der Waals surface area contributed by atoms with Crippen molar-refractivity contribution in [2.24, 2.45) is 11.8 Å². The third kappa shape index (κ3) is 2.03. The van der Waals surface area contributed by atoms with Gasteiger partial charge in [0.05, 0.1) is 46.9 Å². The lowest BCUT2D eigenvalue weighted by Crippen LogP contribution is -2.34.